The zero-order valence-electron chi connectivity index (χ0n) is 9.59. The Morgan fingerprint density at radius 2 is 2.14 bits per heavy atom. The normalized spacial score (nSPS) is 14.6. The second kappa shape index (κ2) is 5.54. The Morgan fingerprint density at radius 3 is 2.50 bits per heavy atom. The van der Waals surface area contributed by atoms with Gasteiger partial charge in [0, 0.05) is 5.54 Å². The number of nitrogens with two attached hydrogens (primary N) is 1. The number of hydrogen-bond donors (Lipinski definition) is 2. The van der Waals surface area contributed by atoms with Gasteiger partial charge in [-0.2, -0.15) is 0 Å². The van der Waals surface area contributed by atoms with Gasteiger partial charge in [0.1, 0.15) is 6.04 Å². The van der Waals surface area contributed by atoms with Gasteiger partial charge in [0.15, 0.2) is 5.96 Å². The summed E-state index contributed by atoms with van der Waals surface area (Å²) in [4.78, 5) is 4.22. The average molecular weight is 195 g/mol. The van der Waals surface area contributed by atoms with Crippen LogP contribution in [0, 0.1) is 12.3 Å². The summed E-state index contributed by atoms with van der Waals surface area (Å²) >= 11 is 0. The summed E-state index contributed by atoms with van der Waals surface area (Å²) in [6, 6.07) is -0.102. The molecule has 1 atom stereocenters. The lowest BCUT2D eigenvalue weighted by atomic mass is 10.1. The quantitative estimate of drug-likeness (QED) is 0.407. The van der Waals surface area contributed by atoms with Crippen LogP contribution in [0.2, 0.25) is 0 Å². The zero-order chi connectivity index (χ0) is 11.2. The van der Waals surface area contributed by atoms with Crippen molar-refractivity contribution in [2.24, 2.45) is 10.7 Å². The number of terminal acetylenes is 1. The van der Waals surface area contributed by atoms with Gasteiger partial charge in [0.2, 0.25) is 0 Å². The summed E-state index contributed by atoms with van der Waals surface area (Å²) in [7, 11) is 0. The van der Waals surface area contributed by atoms with E-state index in [0.717, 1.165) is 12.8 Å². The molecule has 0 aliphatic rings. The molecule has 1 unspecified atom stereocenters. The Balaban J connectivity index is 4.28. The molecule has 0 heterocycles. The van der Waals surface area contributed by atoms with Crippen molar-refractivity contribution in [1.29, 1.82) is 0 Å². The van der Waals surface area contributed by atoms with Crippen LogP contribution >= 0.6 is 0 Å². The fraction of sp³-hybridized carbons (Fsp3) is 0.727. The third-order valence-electron chi connectivity index (χ3n) is 1.55. The van der Waals surface area contributed by atoms with E-state index in [4.69, 9.17) is 12.2 Å². The molecule has 0 saturated heterocycles. The summed E-state index contributed by atoms with van der Waals surface area (Å²) in [6.07, 6.45) is 7.22. The molecule has 3 nitrogen and oxygen atoms in total. The minimum absolute atomic E-state index is 0.0705. The summed E-state index contributed by atoms with van der Waals surface area (Å²) in [5.74, 6) is 3.04. The summed E-state index contributed by atoms with van der Waals surface area (Å²) in [5, 5.41) is 3.07. The Hall–Kier alpha value is -1.17. The van der Waals surface area contributed by atoms with Crippen molar-refractivity contribution in [1.82, 2.24) is 5.32 Å². The fourth-order valence-corrected chi connectivity index (χ4v) is 1.04. The Bertz CT molecular complexity index is 230. The SMILES string of the molecule is C#CC(CCC)N=C(N)NC(C)(C)C. The van der Waals surface area contributed by atoms with Crippen LogP contribution in [0.15, 0.2) is 4.99 Å². The predicted octanol–water partition coefficient (Wildman–Crippen LogP) is 1.49. The van der Waals surface area contributed by atoms with E-state index in [1.165, 1.54) is 0 Å². The molecule has 0 saturated carbocycles. The third-order valence-corrected chi connectivity index (χ3v) is 1.55. The lowest BCUT2D eigenvalue weighted by molar-refractivity contribution is 0.507. The molecule has 0 spiro atoms. The maximum absolute atomic E-state index is 5.71. The minimum Gasteiger partial charge on any atom is -0.370 e. The smallest absolute Gasteiger partial charge is 0.190 e. The monoisotopic (exact) mass is 195 g/mol. The minimum atomic E-state index is -0.102. The molecule has 0 rings (SSSR count). The van der Waals surface area contributed by atoms with Gasteiger partial charge in [-0.05, 0) is 27.2 Å². The van der Waals surface area contributed by atoms with Gasteiger partial charge in [-0.25, -0.2) is 4.99 Å². The molecule has 0 radical (unpaired) electrons. The molecule has 0 aromatic heterocycles. The van der Waals surface area contributed by atoms with E-state index in [1.54, 1.807) is 0 Å². The topological polar surface area (TPSA) is 50.4 Å². The molecule has 0 aliphatic carbocycles. The highest BCUT2D eigenvalue weighted by atomic mass is 15.1. The van der Waals surface area contributed by atoms with Crippen molar-refractivity contribution in [3.63, 3.8) is 0 Å². The number of nitrogens with zero attached hydrogens (tertiary/aromatic N) is 1. The van der Waals surface area contributed by atoms with E-state index >= 15 is 0 Å². The highest BCUT2D eigenvalue weighted by molar-refractivity contribution is 5.78. The summed E-state index contributed by atoms with van der Waals surface area (Å²) < 4.78 is 0. The maximum Gasteiger partial charge on any atom is 0.190 e. The molecule has 0 aromatic carbocycles. The molecule has 0 amide bonds. The van der Waals surface area contributed by atoms with Gasteiger partial charge in [0.25, 0.3) is 0 Å². The van der Waals surface area contributed by atoms with Crippen LogP contribution in [0.1, 0.15) is 40.5 Å². The first-order valence-corrected chi connectivity index (χ1v) is 4.96. The van der Waals surface area contributed by atoms with Crippen LogP contribution in [0.4, 0.5) is 0 Å². The van der Waals surface area contributed by atoms with Crippen molar-refractivity contribution >= 4 is 5.96 Å². The van der Waals surface area contributed by atoms with Crippen molar-refractivity contribution in [3.05, 3.63) is 0 Å². The van der Waals surface area contributed by atoms with Gasteiger partial charge in [0.05, 0.1) is 0 Å². The summed E-state index contributed by atoms with van der Waals surface area (Å²) in [6.45, 7) is 8.16. The number of nitrogens with one attached hydrogen (secondary N) is 1. The van der Waals surface area contributed by atoms with Gasteiger partial charge in [-0.1, -0.05) is 19.3 Å². The van der Waals surface area contributed by atoms with Gasteiger partial charge < -0.3 is 11.1 Å². The largest absolute Gasteiger partial charge is 0.370 e. The van der Waals surface area contributed by atoms with Crippen molar-refractivity contribution < 1.29 is 0 Å². The van der Waals surface area contributed by atoms with Gasteiger partial charge >= 0.3 is 0 Å². The lowest BCUT2D eigenvalue weighted by Crippen LogP contribution is -2.45. The van der Waals surface area contributed by atoms with Gasteiger partial charge in [-0.3, -0.25) is 0 Å². The number of rotatable bonds is 3. The van der Waals surface area contributed by atoms with Crippen LogP contribution in [-0.2, 0) is 0 Å². The highest BCUT2D eigenvalue weighted by Crippen LogP contribution is 2.01. The fourth-order valence-electron chi connectivity index (χ4n) is 1.04. The average Bonchev–Trinajstić information content (AvgIpc) is 2.00. The second-order valence-corrected chi connectivity index (χ2v) is 4.36. The third kappa shape index (κ3) is 6.36. The van der Waals surface area contributed by atoms with Crippen LogP contribution in [-0.4, -0.2) is 17.5 Å². The lowest BCUT2D eigenvalue weighted by Gasteiger charge is -2.21. The van der Waals surface area contributed by atoms with Crippen molar-refractivity contribution in [2.75, 3.05) is 0 Å². The number of hydrogen-bond acceptors (Lipinski definition) is 1. The van der Waals surface area contributed by atoms with E-state index < -0.39 is 0 Å². The van der Waals surface area contributed by atoms with Crippen molar-refractivity contribution in [3.8, 4) is 12.3 Å². The molecular formula is C11H21N3. The molecule has 3 N–H and O–H groups in total. The molecule has 0 aliphatic heterocycles. The number of guanidine groups is 1. The Kier molecular flexibility index (Phi) is 5.07. The second-order valence-electron chi connectivity index (χ2n) is 4.36. The Morgan fingerprint density at radius 1 is 1.57 bits per heavy atom. The van der Waals surface area contributed by atoms with Crippen LogP contribution in [0.3, 0.4) is 0 Å². The highest BCUT2D eigenvalue weighted by Gasteiger charge is 2.10. The molecule has 3 heteroatoms. The predicted molar refractivity (Wildman–Crippen MR) is 62.0 cm³/mol. The first kappa shape index (κ1) is 12.8. The first-order valence-electron chi connectivity index (χ1n) is 4.96. The van der Waals surface area contributed by atoms with Crippen LogP contribution in [0.5, 0.6) is 0 Å². The maximum atomic E-state index is 5.71. The van der Waals surface area contributed by atoms with Crippen molar-refractivity contribution in [2.45, 2.75) is 52.1 Å². The van der Waals surface area contributed by atoms with E-state index in [9.17, 15) is 0 Å². The van der Waals surface area contributed by atoms with E-state index in [0.29, 0.717) is 5.96 Å². The van der Waals surface area contributed by atoms with Crippen LogP contribution in [0.25, 0.3) is 0 Å². The molecule has 80 valence electrons. The summed E-state index contributed by atoms with van der Waals surface area (Å²) in [5.41, 5.74) is 5.64. The Labute approximate surface area is 87.2 Å². The molecule has 0 bridgehead atoms. The van der Waals surface area contributed by atoms with E-state index in [-0.39, 0.29) is 11.6 Å². The van der Waals surface area contributed by atoms with E-state index in [1.807, 2.05) is 20.8 Å². The number of aliphatic imine (C=N–C) groups is 1. The van der Waals surface area contributed by atoms with E-state index in [2.05, 4.69) is 23.2 Å². The standard InChI is InChI=1S/C11H21N3/c1-6-8-9(7-2)13-10(12)14-11(3,4)5/h2,9H,6,8H2,1,3-5H3,(H3,12,13,14). The van der Waals surface area contributed by atoms with Gasteiger partial charge in [-0.15, -0.1) is 6.42 Å². The molecule has 14 heavy (non-hydrogen) atoms. The molecular weight excluding hydrogens is 174 g/mol. The first-order chi connectivity index (χ1) is 6.39. The van der Waals surface area contributed by atoms with Crippen LogP contribution < -0.4 is 11.1 Å². The molecule has 0 aromatic rings. The molecule has 0 fully saturated rings. The zero-order valence-corrected chi connectivity index (χ0v) is 9.59.